The fraction of sp³-hybridized carbons (Fsp3) is 0.250. The summed E-state index contributed by atoms with van der Waals surface area (Å²) in [4.78, 5) is -0.216. The van der Waals surface area contributed by atoms with Crippen LogP contribution in [-0.4, -0.2) is 22.6 Å². The Hall–Kier alpha value is -2.33. The number of ether oxygens (including phenoxy) is 2. The topological polar surface area (TPSA) is 64.6 Å². The molecule has 0 aromatic heterocycles. The van der Waals surface area contributed by atoms with E-state index < -0.39 is 34.1 Å². The van der Waals surface area contributed by atoms with E-state index in [2.05, 4.69) is 4.72 Å². The van der Waals surface area contributed by atoms with Gasteiger partial charge in [-0.3, -0.25) is 0 Å². The van der Waals surface area contributed by atoms with Gasteiger partial charge >= 0.3 is 6.18 Å². The van der Waals surface area contributed by atoms with Crippen LogP contribution in [0.2, 0.25) is 0 Å². The molecule has 0 unspecified atom stereocenters. The molecule has 2 aromatic carbocycles. The predicted molar refractivity (Wildman–Crippen MR) is 85.0 cm³/mol. The molecule has 2 aromatic rings. The summed E-state index contributed by atoms with van der Waals surface area (Å²) in [6.45, 7) is -0.405. The molecule has 5 nitrogen and oxygen atoms in total. The van der Waals surface area contributed by atoms with Crippen LogP contribution in [0.4, 0.5) is 17.6 Å². The molecule has 0 aliphatic rings. The van der Waals surface area contributed by atoms with Crippen molar-refractivity contribution < 1.29 is 35.5 Å². The van der Waals surface area contributed by atoms with E-state index in [1.54, 1.807) is 0 Å². The van der Waals surface area contributed by atoms with Crippen molar-refractivity contribution in [2.75, 3.05) is 14.2 Å². The van der Waals surface area contributed by atoms with Gasteiger partial charge in [-0.25, -0.2) is 17.5 Å². The number of benzene rings is 2. The maximum Gasteiger partial charge on any atom is 0.419 e. The summed E-state index contributed by atoms with van der Waals surface area (Å²) in [6, 6.07) is 6.32. The predicted octanol–water partition coefficient (Wildman–Crippen LogP) is 3.34. The van der Waals surface area contributed by atoms with Crippen LogP contribution in [0.1, 0.15) is 11.1 Å². The third kappa shape index (κ3) is 4.44. The Morgan fingerprint density at radius 1 is 1.04 bits per heavy atom. The van der Waals surface area contributed by atoms with Crippen molar-refractivity contribution in [3.05, 3.63) is 53.3 Å². The molecule has 0 aliphatic heterocycles. The van der Waals surface area contributed by atoms with Crippen molar-refractivity contribution in [3.8, 4) is 11.5 Å². The summed E-state index contributed by atoms with van der Waals surface area (Å²) in [6.07, 6.45) is -4.82. The molecule has 0 saturated carbocycles. The molecule has 0 saturated heterocycles. The summed E-state index contributed by atoms with van der Waals surface area (Å²) in [7, 11) is -1.44. The van der Waals surface area contributed by atoms with Gasteiger partial charge in [-0.2, -0.15) is 13.2 Å². The summed E-state index contributed by atoms with van der Waals surface area (Å²) in [5, 5.41) is 0. The fourth-order valence-corrected chi connectivity index (χ4v) is 3.35. The van der Waals surface area contributed by atoms with E-state index in [1.165, 1.54) is 32.4 Å². The number of rotatable bonds is 6. The van der Waals surface area contributed by atoms with Gasteiger partial charge in [0.25, 0.3) is 0 Å². The van der Waals surface area contributed by atoms with Crippen LogP contribution in [0.3, 0.4) is 0 Å². The summed E-state index contributed by atoms with van der Waals surface area (Å²) in [5.41, 5.74) is -1.39. The van der Waals surface area contributed by atoms with Gasteiger partial charge in [0.1, 0.15) is 22.2 Å². The maximum atomic E-state index is 13.6. The normalized spacial score (nSPS) is 12.1. The molecule has 2 rings (SSSR count). The zero-order chi connectivity index (χ0) is 19.5. The van der Waals surface area contributed by atoms with E-state index in [1.807, 2.05) is 0 Å². The first-order valence-corrected chi connectivity index (χ1v) is 8.64. The standard InChI is InChI=1S/C16H15F4NO4S/c1-24-11-4-6-14(25-2)15(8-11)26(22,23)21-9-10-3-5-12(13(17)7-10)16(18,19)20/h3-8,21H,9H2,1-2H3. The average molecular weight is 393 g/mol. The minimum Gasteiger partial charge on any atom is -0.497 e. The van der Waals surface area contributed by atoms with E-state index in [0.29, 0.717) is 12.1 Å². The van der Waals surface area contributed by atoms with E-state index in [-0.39, 0.29) is 22.0 Å². The van der Waals surface area contributed by atoms with Crippen LogP contribution < -0.4 is 14.2 Å². The Balaban J connectivity index is 2.25. The molecule has 0 spiro atoms. The Bertz CT molecular complexity index is 898. The molecule has 10 heteroatoms. The van der Waals surface area contributed by atoms with Gasteiger partial charge in [0.2, 0.25) is 10.0 Å². The first-order chi connectivity index (χ1) is 12.1. The lowest BCUT2D eigenvalue weighted by Crippen LogP contribution is -2.24. The van der Waals surface area contributed by atoms with Crippen LogP contribution in [-0.2, 0) is 22.7 Å². The molecule has 0 amide bonds. The molecule has 0 fully saturated rings. The Labute approximate surface area is 147 Å². The molecule has 1 N–H and O–H groups in total. The quantitative estimate of drug-likeness (QED) is 0.765. The van der Waals surface area contributed by atoms with Gasteiger partial charge in [-0.1, -0.05) is 6.07 Å². The van der Waals surface area contributed by atoms with Crippen molar-refractivity contribution in [1.82, 2.24) is 4.72 Å². The Kier molecular flexibility index (Phi) is 5.77. The summed E-state index contributed by atoms with van der Waals surface area (Å²) in [5.74, 6) is -1.16. The van der Waals surface area contributed by atoms with Gasteiger partial charge < -0.3 is 9.47 Å². The minimum atomic E-state index is -4.82. The first-order valence-electron chi connectivity index (χ1n) is 7.16. The lowest BCUT2D eigenvalue weighted by Gasteiger charge is -2.13. The van der Waals surface area contributed by atoms with E-state index >= 15 is 0 Å². The van der Waals surface area contributed by atoms with Crippen LogP contribution in [0.25, 0.3) is 0 Å². The van der Waals surface area contributed by atoms with Crippen LogP contribution in [0.5, 0.6) is 11.5 Å². The second-order valence-electron chi connectivity index (χ2n) is 5.15. The van der Waals surface area contributed by atoms with E-state index in [0.717, 1.165) is 6.07 Å². The number of methoxy groups -OCH3 is 2. The SMILES string of the molecule is COc1ccc(OC)c(S(=O)(=O)NCc2ccc(C(F)(F)F)c(F)c2)c1. The van der Waals surface area contributed by atoms with E-state index in [9.17, 15) is 26.0 Å². The molecule has 0 aliphatic carbocycles. The summed E-state index contributed by atoms with van der Waals surface area (Å²) >= 11 is 0. The minimum absolute atomic E-state index is 0.0286. The molecule has 0 bridgehead atoms. The lowest BCUT2D eigenvalue weighted by molar-refractivity contribution is -0.140. The molecule has 26 heavy (non-hydrogen) atoms. The monoisotopic (exact) mass is 393 g/mol. The fourth-order valence-electron chi connectivity index (χ4n) is 2.15. The number of alkyl halides is 3. The van der Waals surface area contributed by atoms with Gasteiger partial charge in [0.05, 0.1) is 19.8 Å². The first kappa shape index (κ1) is 20.0. The van der Waals surface area contributed by atoms with Crippen LogP contribution >= 0.6 is 0 Å². The zero-order valence-corrected chi connectivity index (χ0v) is 14.5. The molecule has 142 valence electrons. The van der Waals surface area contributed by atoms with E-state index in [4.69, 9.17) is 9.47 Å². The second kappa shape index (κ2) is 7.50. The van der Waals surface area contributed by atoms with Gasteiger partial charge in [-0.05, 0) is 29.8 Å². The van der Waals surface area contributed by atoms with Crippen LogP contribution in [0, 0.1) is 5.82 Å². The lowest BCUT2D eigenvalue weighted by atomic mass is 10.1. The highest BCUT2D eigenvalue weighted by molar-refractivity contribution is 7.89. The highest BCUT2D eigenvalue weighted by Gasteiger charge is 2.34. The number of halogens is 4. The molecule has 0 radical (unpaired) electrons. The molecular weight excluding hydrogens is 378 g/mol. The largest absolute Gasteiger partial charge is 0.497 e. The third-order valence-electron chi connectivity index (χ3n) is 3.47. The third-order valence-corrected chi connectivity index (χ3v) is 4.89. The molecule has 0 atom stereocenters. The number of hydrogen-bond donors (Lipinski definition) is 1. The highest BCUT2D eigenvalue weighted by Crippen LogP contribution is 2.32. The molecule has 0 heterocycles. The Morgan fingerprint density at radius 2 is 1.73 bits per heavy atom. The maximum absolute atomic E-state index is 13.6. The van der Waals surface area contributed by atoms with Crippen molar-refractivity contribution in [2.24, 2.45) is 0 Å². The van der Waals surface area contributed by atoms with Gasteiger partial charge in [-0.15, -0.1) is 0 Å². The van der Waals surface area contributed by atoms with Crippen molar-refractivity contribution in [1.29, 1.82) is 0 Å². The van der Waals surface area contributed by atoms with Crippen molar-refractivity contribution >= 4 is 10.0 Å². The smallest absolute Gasteiger partial charge is 0.419 e. The Morgan fingerprint density at radius 3 is 2.27 bits per heavy atom. The number of nitrogens with one attached hydrogen (secondary N) is 1. The summed E-state index contributed by atoms with van der Waals surface area (Å²) < 4.78 is 88.3. The second-order valence-corrected chi connectivity index (χ2v) is 6.89. The van der Waals surface area contributed by atoms with Crippen molar-refractivity contribution in [2.45, 2.75) is 17.6 Å². The van der Waals surface area contributed by atoms with Crippen molar-refractivity contribution in [3.63, 3.8) is 0 Å². The van der Waals surface area contributed by atoms with Gasteiger partial charge in [0, 0.05) is 12.6 Å². The van der Waals surface area contributed by atoms with Crippen LogP contribution in [0.15, 0.2) is 41.3 Å². The number of sulfonamides is 1. The highest BCUT2D eigenvalue weighted by atomic mass is 32.2. The molecular formula is C16H15F4NO4S. The average Bonchev–Trinajstić information content (AvgIpc) is 2.58. The zero-order valence-electron chi connectivity index (χ0n) is 13.7. The number of hydrogen-bond acceptors (Lipinski definition) is 4. The van der Waals surface area contributed by atoms with Gasteiger partial charge in [0.15, 0.2) is 0 Å².